The first-order chi connectivity index (χ1) is 9.81. The summed E-state index contributed by atoms with van der Waals surface area (Å²) in [6.45, 7) is 2.19. The van der Waals surface area contributed by atoms with E-state index in [4.69, 9.17) is 5.26 Å². The number of aryl methyl sites for hydroxylation is 1. The molecule has 0 aliphatic heterocycles. The number of hydrogen-bond acceptors (Lipinski definition) is 3. The Hall–Kier alpha value is -2.47. The van der Waals surface area contributed by atoms with E-state index in [1.54, 1.807) is 24.3 Å². The molecule has 100 valence electrons. The molecule has 0 saturated heterocycles. The van der Waals surface area contributed by atoms with Crippen molar-refractivity contribution in [2.45, 2.75) is 26.2 Å². The summed E-state index contributed by atoms with van der Waals surface area (Å²) in [4.78, 5) is 0. The lowest BCUT2D eigenvalue weighted by molar-refractivity contribution is 0.795. The molecule has 0 aliphatic rings. The Bertz CT molecular complexity index is 604. The molecule has 0 fully saturated rings. The maximum absolute atomic E-state index is 8.72. The van der Waals surface area contributed by atoms with Crippen LogP contribution in [0, 0.1) is 11.3 Å². The summed E-state index contributed by atoms with van der Waals surface area (Å²) in [7, 11) is 0. The molecule has 2 rings (SSSR count). The molecule has 3 heteroatoms. The Labute approximate surface area is 119 Å². The van der Waals surface area contributed by atoms with Crippen molar-refractivity contribution in [1.82, 2.24) is 0 Å². The smallest absolute Gasteiger partial charge is 0.0991 e. The van der Waals surface area contributed by atoms with E-state index in [9.17, 15) is 0 Å². The van der Waals surface area contributed by atoms with Gasteiger partial charge in [-0.25, -0.2) is 0 Å². The molecule has 0 N–H and O–H groups in total. The van der Waals surface area contributed by atoms with Gasteiger partial charge < -0.3 is 0 Å². The highest BCUT2D eigenvalue weighted by Crippen LogP contribution is 2.19. The Kier molecular flexibility index (Phi) is 5.02. The summed E-state index contributed by atoms with van der Waals surface area (Å²) in [5.74, 6) is 0. The highest BCUT2D eigenvalue weighted by molar-refractivity contribution is 5.44. The summed E-state index contributed by atoms with van der Waals surface area (Å²) >= 11 is 0. The Morgan fingerprint density at radius 3 is 1.95 bits per heavy atom. The van der Waals surface area contributed by atoms with Crippen molar-refractivity contribution >= 4 is 11.4 Å². The second kappa shape index (κ2) is 7.20. The number of azo groups is 1. The fourth-order valence-electron chi connectivity index (χ4n) is 1.83. The number of hydrogen-bond donors (Lipinski definition) is 0. The largest absolute Gasteiger partial charge is 0.192 e. The number of nitriles is 1. The van der Waals surface area contributed by atoms with Gasteiger partial charge in [0.05, 0.1) is 23.0 Å². The van der Waals surface area contributed by atoms with Crippen LogP contribution in [-0.4, -0.2) is 0 Å². The van der Waals surface area contributed by atoms with Crippen molar-refractivity contribution in [3.63, 3.8) is 0 Å². The lowest BCUT2D eigenvalue weighted by atomic mass is 10.1. The zero-order valence-electron chi connectivity index (χ0n) is 11.6. The van der Waals surface area contributed by atoms with Gasteiger partial charge in [-0.2, -0.15) is 15.5 Å². The van der Waals surface area contributed by atoms with Crippen molar-refractivity contribution in [1.29, 1.82) is 5.26 Å². The van der Waals surface area contributed by atoms with Crippen LogP contribution in [0.15, 0.2) is 58.8 Å². The second-order valence-corrected chi connectivity index (χ2v) is 4.63. The van der Waals surface area contributed by atoms with Gasteiger partial charge in [-0.3, -0.25) is 0 Å². The first-order valence-electron chi connectivity index (χ1n) is 6.82. The molecule has 0 amide bonds. The van der Waals surface area contributed by atoms with Gasteiger partial charge >= 0.3 is 0 Å². The monoisotopic (exact) mass is 263 g/mol. The second-order valence-electron chi connectivity index (χ2n) is 4.63. The molecule has 0 aliphatic carbocycles. The minimum Gasteiger partial charge on any atom is -0.192 e. The first kappa shape index (κ1) is 14.0. The summed E-state index contributed by atoms with van der Waals surface area (Å²) < 4.78 is 0. The van der Waals surface area contributed by atoms with E-state index in [0.717, 1.165) is 17.8 Å². The van der Waals surface area contributed by atoms with Crippen LogP contribution < -0.4 is 0 Å². The van der Waals surface area contributed by atoms with Gasteiger partial charge in [0.2, 0.25) is 0 Å². The zero-order valence-corrected chi connectivity index (χ0v) is 11.6. The number of nitrogens with zero attached hydrogens (tertiary/aromatic N) is 3. The van der Waals surface area contributed by atoms with E-state index >= 15 is 0 Å². The summed E-state index contributed by atoms with van der Waals surface area (Å²) in [6, 6.07) is 17.3. The van der Waals surface area contributed by atoms with Crippen LogP contribution >= 0.6 is 0 Å². The Balaban J connectivity index is 2.01. The van der Waals surface area contributed by atoms with Gasteiger partial charge in [-0.05, 0) is 54.8 Å². The van der Waals surface area contributed by atoms with Crippen LogP contribution in [0.1, 0.15) is 30.9 Å². The predicted octanol–water partition coefficient (Wildman–Crippen LogP) is 5.32. The molecule has 0 radical (unpaired) electrons. The third-order valence-electron chi connectivity index (χ3n) is 3.03. The van der Waals surface area contributed by atoms with E-state index < -0.39 is 0 Å². The van der Waals surface area contributed by atoms with Crippen LogP contribution in [0.3, 0.4) is 0 Å². The number of unbranched alkanes of at least 4 members (excludes halogenated alkanes) is 1. The molecule has 0 unspecified atom stereocenters. The molecular formula is C17H17N3. The SMILES string of the molecule is CCCCc1ccc(/N=N/c2ccc(C#N)cc2)cc1. The molecule has 20 heavy (non-hydrogen) atoms. The van der Waals surface area contributed by atoms with Gasteiger partial charge in [0.25, 0.3) is 0 Å². The van der Waals surface area contributed by atoms with Gasteiger partial charge in [0.15, 0.2) is 0 Å². The van der Waals surface area contributed by atoms with Gasteiger partial charge in [-0.1, -0.05) is 25.5 Å². The normalized spacial score (nSPS) is 10.6. The summed E-state index contributed by atoms with van der Waals surface area (Å²) in [5, 5.41) is 17.1. The molecule has 0 spiro atoms. The van der Waals surface area contributed by atoms with Crippen molar-refractivity contribution in [2.75, 3.05) is 0 Å². The molecule has 2 aromatic rings. The first-order valence-corrected chi connectivity index (χ1v) is 6.82. The standard InChI is InChI=1S/C17H17N3/c1-2-3-4-14-5-9-16(10-6-14)19-20-17-11-7-15(13-18)8-12-17/h5-12H,2-4H2,1H3/b20-19+. The molecule has 0 heterocycles. The lowest BCUT2D eigenvalue weighted by Gasteiger charge is -1.99. The molecule has 0 atom stereocenters. The van der Waals surface area contributed by atoms with Crippen molar-refractivity contribution in [3.8, 4) is 6.07 Å². The van der Waals surface area contributed by atoms with E-state index in [2.05, 4.69) is 35.4 Å². The van der Waals surface area contributed by atoms with Gasteiger partial charge in [-0.15, -0.1) is 0 Å². The average Bonchev–Trinajstić information content (AvgIpc) is 2.52. The fourth-order valence-corrected chi connectivity index (χ4v) is 1.83. The zero-order chi connectivity index (χ0) is 14.2. The Morgan fingerprint density at radius 1 is 0.900 bits per heavy atom. The molecule has 3 nitrogen and oxygen atoms in total. The van der Waals surface area contributed by atoms with E-state index in [1.165, 1.54) is 18.4 Å². The van der Waals surface area contributed by atoms with Crippen molar-refractivity contribution in [2.24, 2.45) is 10.2 Å². The third kappa shape index (κ3) is 4.03. The minimum absolute atomic E-state index is 0.629. The quantitative estimate of drug-likeness (QED) is 0.674. The maximum atomic E-state index is 8.72. The van der Waals surface area contributed by atoms with Crippen molar-refractivity contribution in [3.05, 3.63) is 59.7 Å². The molecule has 0 saturated carbocycles. The van der Waals surface area contributed by atoms with Crippen LogP contribution in [0.4, 0.5) is 11.4 Å². The third-order valence-corrected chi connectivity index (χ3v) is 3.03. The highest BCUT2D eigenvalue weighted by atomic mass is 15.1. The summed E-state index contributed by atoms with van der Waals surface area (Å²) in [5.41, 5.74) is 3.56. The van der Waals surface area contributed by atoms with E-state index in [-0.39, 0.29) is 0 Å². The van der Waals surface area contributed by atoms with E-state index in [1.807, 2.05) is 12.1 Å². The highest BCUT2D eigenvalue weighted by Gasteiger charge is 1.95. The molecular weight excluding hydrogens is 246 g/mol. The maximum Gasteiger partial charge on any atom is 0.0991 e. The average molecular weight is 263 g/mol. The molecule has 2 aromatic carbocycles. The number of benzene rings is 2. The Morgan fingerprint density at radius 2 is 1.45 bits per heavy atom. The minimum atomic E-state index is 0.629. The van der Waals surface area contributed by atoms with Crippen LogP contribution in [0.25, 0.3) is 0 Å². The van der Waals surface area contributed by atoms with Crippen molar-refractivity contribution < 1.29 is 0 Å². The number of rotatable bonds is 5. The molecule has 0 aromatic heterocycles. The van der Waals surface area contributed by atoms with Crippen LogP contribution in [-0.2, 0) is 6.42 Å². The lowest BCUT2D eigenvalue weighted by Crippen LogP contribution is -1.82. The molecule has 0 bridgehead atoms. The summed E-state index contributed by atoms with van der Waals surface area (Å²) in [6.07, 6.45) is 3.54. The van der Waals surface area contributed by atoms with Gasteiger partial charge in [0.1, 0.15) is 0 Å². The van der Waals surface area contributed by atoms with Gasteiger partial charge in [0, 0.05) is 0 Å². The van der Waals surface area contributed by atoms with E-state index in [0.29, 0.717) is 5.56 Å². The fraction of sp³-hybridized carbons (Fsp3) is 0.235. The van der Waals surface area contributed by atoms with Crippen LogP contribution in [0.5, 0.6) is 0 Å². The topological polar surface area (TPSA) is 48.5 Å². The van der Waals surface area contributed by atoms with Crippen LogP contribution in [0.2, 0.25) is 0 Å². The predicted molar refractivity (Wildman–Crippen MR) is 80.4 cm³/mol.